The van der Waals surface area contributed by atoms with Gasteiger partial charge in [-0.05, 0) is 66.7 Å². The molecule has 4 aromatic carbocycles. The quantitative estimate of drug-likeness (QED) is 0.263. The van der Waals surface area contributed by atoms with Gasteiger partial charge in [-0.15, -0.1) is 0 Å². The summed E-state index contributed by atoms with van der Waals surface area (Å²) in [6.07, 6.45) is 0.0451. The van der Waals surface area contributed by atoms with Crippen LogP contribution in [0.3, 0.4) is 0 Å². The zero-order valence-corrected chi connectivity index (χ0v) is 20.3. The van der Waals surface area contributed by atoms with E-state index in [1.807, 2.05) is 84.9 Å². The molecule has 1 N–H and O–H groups in total. The summed E-state index contributed by atoms with van der Waals surface area (Å²) in [4.78, 5) is 35.3. The molecule has 184 valence electrons. The Hall–Kier alpha value is -4.91. The molecule has 5 rings (SSSR count). The van der Waals surface area contributed by atoms with Crippen LogP contribution in [0, 0.1) is 0 Å². The molecule has 0 saturated carbocycles. The molecule has 0 aliphatic heterocycles. The third-order valence-electron chi connectivity index (χ3n) is 5.91. The molecule has 0 spiro atoms. The Kier molecular flexibility index (Phi) is 6.94. The third-order valence-corrected chi connectivity index (χ3v) is 5.91. The van der Waals surface area contributed by atoms with E-state index in [0.29, 0.717) is 11.4 Å². The minimum Gasteiger partial charge on any atom is -0.497 e. The zero-order valence-electron chi connectivity index (χ0n) is 20.3. The summed E-state index contributed by atoms with van der Waals surface area (Å²) in [7, 11) is 1.62. The number of hydrogen-bond acceptors (Lipinski definition) is 5. The average molecular weight is 492 g/mol. The number of aromatic amines is 1. The highest BCUT2D eigenvalue weighted by Gasteiger charge is 2.19. The van der Waals surface area contributed by atoms with E-state index in [-0.39, 0.29) is 18.9 Å². The average Bonchev–Trinajstić information content (AvgIpc) is 3.38. The van der Waals surface area contributed by atoms with Crippen molar-refractivity contribution in [1.29, 1.82) is 0 Å². The van der Waals surface area contributed by atoms with Gasteiger partial charge in [-0.1, -0.05) is 36.4 Å². The number of para-hydroxylation sites is 2. The maximum absolute atomic E-state index is 13.1. The van der Waals surface area contributed by atoms with Gasteiger partial charge in [0.25, 0.3) is 0 Å². The molecule has 0 aliphatic rings. The zero-order chi connectivity index (χ0) is 25.6. The highest BCUT2D eigenvalue weighted by molar-refractivity contribution is 6.00. The molecule has 0 aliphatic carbocycles. The second-order valence-electron chi connectivity index (χ2n) is 8.33. The van der Waals surface area contributed by atoms with Gasteiger partial charge in [0.1, 0.15) is 18.2 Å². The standard InChI is InChI=1S/C30H25N3O4/c1-36-25-15-12-21(13-16-25)29-31-26-17-14-22(20-27(26)32-29)30(35)37-19-18-28(34)33(23-8-4-2-5-9-23)24-10-6-3-7-11-24/h2-17,20H,18-19H2,1H3,(H,31,32). The van der Waals surface area contributed by atoms with E-state index in [4.69, 9.17) is 9.47 Å². The van der Waals surface area contributed by atoms with E-state index >= 15 is 0 Å². The molecule has 5 aromatic rings. The monoisotopic (exact) mass is 491 g/mol. The number of amides is 1. The molecule has 0 bridgehead atoms. The maximum Gasteiger partial charge on any atom is 0.338 e. The van der Waals surface area contributed by atoms with E-state index < -0.39 is 5.97 Å². The van der Waals surface area contributed by atoms with Gasteiger partial charge in [0.15, 0.2) is 0 Å². The van der Waals surface area contributed by atoms with Gasteiger partial charge in [0.05, 0.1) is 30.1 Å². The first-order chi connectivity index (χ1) is 18.1. The van der Waals surface area contributed by atoms with Crippen LogP contribution in [-0.2, 0) is 9.53 Å². The smallest absolute Gasteiger partial charge is 0.338 e. The fourth-order valence-electron chi connectivity index (χ4n) is 4.04. The first-order valence-electron chi connectivity index (χ1n) is 11.9. The van der Waals surface area contributed by atoms with Crippen molar-refractivity contribution >= 4 is 34.3 Å². The summed E-state index contributed by atoms with van der Waals surface area (Å²) >= 11 is 0. The minimum atomic E-state index is -0.499. The fraction of sp³-hybridized carbons (Fsp3) is 0.100. The van der Waals surface area contributed by atoms with Crippen molar-refractivity contribution in [3.63, 3.8) is 0 Å². The summed E-state index contributed by atoms with van der Waals surface area (Å²) in [6.45, 7) is -0.0358. The van der Waals surface area contributed by atoms with Crippen LogP contribution in [0.15, 0.2) is 103 Å². The number of carbonyl (C=O) groups excluding carboxylic acids is 2. The topological polar surface area (TPSA) is 84.5 Å². The fourth-order valence-corrected chi connectivity index (χ4v) is 4.04. The Balaban J connectivity index is 1.25. The Bertz CT molecular complexity index is 1470. The molecule has 0 radical (unpaired) electrons. The van der Waals surface area contributed by atoms with Crippen molar-refractivity contribution in [2.24, 2.45) is 0 Å². The lowest BCUT2D eigenvalue weighted by atomic mass is 10.2. The van der Waals surface area contributed by atoms with E-state index in [0.717, 1.165) is 33.7 Å². The Labute approximate surface area is 214 Å². The molecule has 1 heterocycles. The number of fused-ring (bicyclic) bond motifs is 1. The number of H-pyrrole nitrogens is 1. The second kappa shape index (κ2) is 10.8. The first-order valence-corrected chi connectivity index (χ1v) is 11.9. The lowest BCUT2D eigenvalue weighted by Crippen LogP contribution is -2.27. The number of esters is 1. The van der Waals surface area contributed by atoms with Crippen LogP contribution >= 0.6 is 0 Å². The largest absolute Gasteiger partial charge is 0.497 e. The van der Waals surface area contributed by atoms with Gasteiger partial charge < -0.3 is 14.5 Å². The molecule has 1 amide bonds. The van der Waals surface area contributed by atoms with Crippen LogP contribution in [0.1, 0.15) is 16.8 Å². The summed E-state index contributed by atoms with van der Waals surface area (Å²) < 4.78 is 10.7. The van der Waals surface area contributed by atoms with E-state index in [2.05, 4.69) is 9.97 Å². The molecule has 37 heavy (non-hydrogen) atoms. The highest BCUT2D eigenvalue weighted by atomic mass is 16.5. The van der Waals surface area contributed by atoms with E-state index in [9.17, 15) is 9.59 Å². The predicted octanol–water partition coefficient (Wildman–Crippen LogP) is 6.15. The number of nitrogens with zero attached hydrogens (tertiary/aromatic N) is 2. The lowest BCUT2D eigenvalue weighted by molar-refractivity contribution is -0.118. The van der Waals surface area contributed by atoms with E-state index in [1.54, 1.807) is 30.2 Å². The molecule has 0 unspecified atom stereocenters. The van der Waals surface area contributed by atoms with Crippen molar-refractivity contribution in [3.8, 4) is 17.1 Å². The molecular weight excluding hydrogens is 466 g/mol. The van der Waals surface area contributed by atoms with Gasteiger partial charge in [-0.25, -0.2) is 9.78 Å². The molecule has 0 atom stereocenters. The Morgan fingerprint density at radius 3 is 2.11 bits per heavy atom. The van der Waals surface area contributed by atoms with Crippen LogP contribution in [0.25, 0.3) is 22.4 Å². The van der Waals surface area contributed by atoms with Crippen molar-refractivity contribution in [2.45, 2.75) is 6.42 Å². The summed E-state index contributed by atoms with van der Waals surface area (Å²) in [5.74, 6) is 0.786. The number of benzene rings is 4. The van der Waals surface area contributed by atoms with Crippen LogP contribution in [0.2, 0.25) is 0 Å². The Morgan fingerprint density at radius 2 is 1.49 bits per heavy atom. The molecular formula is C30H25N3O4. The number of ether oxygens (including phenoxy) is 2. The van der Waals surface area contributed by atoms with Gasteiger partial charge in [0.2, 0.25) is 5.91 Å². The van der Waals surface area contributed by atoms with Crippen molar-refractivity contribution < 1.29 is 19.1 Å². The lowest BCUT2D eigenvalue weighted by Gasteiger charge is -2.23. The number of aromatic nitrogens is 2. The van der Waals surface area contributed by atoms with Gasteiger partial charge in [-0.3, -0.25) is 9.69 Å². The predicted molar refractivity (Wildman–Crippen MR) is 143 cm³/mol. The number of nitrogens with one attached hydrogen (secondary N) is 1. The van der Waals surface area contributed by atoms with Crippen LogP contribution in [-0.4, -0.2) is 35.6 Å². The Morgan fingerprint density at radius 1 is 0.838 bits per heavy atom. The number of rotatable bonds is 8. The SMILES string of the molecule is COc1ccc(-c2nc3ccc(C(=O)OCCC(=O)N(c4ccccc4)c4ccccc4)cc3[nH]2)cc1. The summed E-state index contributed by atoms with van der Waals surface area (Å²) in [5.41, 5.74) is 4.24. The summed E-state index contributed by atoms with van der Waals surface area (Å²) in [6, 6.07) is 31.5. The van der Waals surface area contributed by atoms with Crippen molar-refractivity contribution in [3.05, 3.63) is 109 Å². The van der Waals surface area contributed by atoms with Gasteiger partial charge >= 0.3 is 5.97 Å². The minimum absolute atomic E-state index is 0.0358. The number of imidazole rings is 1. The number of methoxy groups -OCH3 is 1. The third kappa shape index (κ3) is 5.36. The van der Waals surface area contributed by atoms with Crippen LogP contribution < -0.4 is 9.64 Å². The second-order valence-corrected chi connectivity index (χ2v) is 8.33. The number of carbonyl (C=O) groups is 2. The van der Waals surface area contributed by atoms with Gasteiger partial charge in [0, 0.05) is 16.9 Å². The molecule has 0 saturated heterocycles. The van der Waals surface area contributed by atoms with E-state index in [1.165, 1.54) is 0 Å². The van der Waals surface area contributed by atoms with Crippen LogP contribution in [0.4, 0.5) is 11.4 Å². The molecule has 7 nitrogen and oxygen atoms in total. The highest BCUT2D eigenvalue weighted by Crippen LogP contribution is 2.26. The molecule has 7 heteroatoms. The molecule has 1 aromatic heterocycles. The van der Waals surface area contributed by atoms with Crippen molar-refractivity contribution in [1.82, 2.24) is 9.97 Å². The molecule has 0 fully saturated rings. The van der Waals surface area contributed by atoms with Crippen LogP contribution in [0.5, 0.6) is 5.75 Å². The number of anilines is 2. The van der Waals surface area contributed by atoms with Gasteiger partial charge in [-0.2, -0.15) is 0 Å². The maximum atomic E-state index is 13.1. The van der Waals surface area contributed by atoms with Crippen molar-refractivity contribution in [2.75, 3.05) is 18.6 Å². The summed E-state index contributed by atoms with van der Waals surface area (Å²) in [5, 5.41) is 0. The normalized spacial score (nSPS) is 10.7. The number of hydrogen-bond donors (Lipinski definition) is 1. The first kappa shape index (κ1) is 23.8.